The number of morpholine rings is 1. The van der Waals surface area contributed by atoms with Crippen LogP contribution in [0.1, 0.15) is 36.0 Å². The average molecular weight is 355 g/mol. The Morgan fingerprint density at radius 1 is 1.15 bits per heavy atom. The van der Waals surface area contributed by atoms with E-state index in [2.05, 4.69) is 20.4 Å². The van der Waals surface area contributed by atoms with Gasteiger partial charge in [0.15, 0.2) is 0 Å². The van der Waals surface area contributed by atoms with Gasteiger partial charge < -0.3 is 10.1 Å². The first-order chi connectivity index (χ1) is 12.7. The van der Waals surface area contributed by atoms with Gasteiger partial charge in [0.2, 0.25) is 0 Å². The van der Waals surface area contributed by atoms with Crippen LogP contribution < -0.4 is 5.32 Å². The molecule has 1 saturated carbocycles. The SMILES string of the molecule is O=C(NC1(CN2CCOCC2)CCCC1)c1cccc(-n2cnnc2)c1. The lowest BCUT2D eigenvalue weighted by atomic mass is 9.95. The summed E-state index contributed by atoms with van der Waals surface area (Å²) in [5.74, 6) is -0.00455. The monoisotopic (exact) mass is 355 g/mol. The number of aromatic nitrogens is 3. The minimum absolute atomic E-state index is 0.00455. The minimum Gasteiger partial charge on any atom is -0.379 e. The smallest absolute Gasteiger partial charge is 0.251 e. The third-order valence-electron chi connectivity index (χ3n) is 5.39. The van der Waals surface area contributed by atoms with Crippen LogP contribution in [-0.4, -0.2) is 64.0 Å². The van der Waals surface area contributed by atoms with Crippen LogP contribution in [0.25, 0.3) is 5.69 Å². The number of nitrogens with zero attached hydrogens (tertiary/aromatic N) is 4. The van der Waals surface area contributed by atoms with E-state index in [9.17, 15) is 4.79 Å². The van der Waals surface area contributed by atoms with E-state index in [1.807, 2.05) is 24.3 Å². The molecule has 1 aromatic carbocycles. The van der Waals surface area contributed by atoms with E-state index in [1.165, 1.54) is 12.8 Å². The summed E-state index contributed by atoms with van der Waals surface area (Å²) in [6.07, 6.45) is 7.70. The maximum atomic E-state index is 13.0. The van der Waals surface area contributed by atoms with Crippen LogP contribution in [-0.2, 0) is 4.74 Å². The predicted molar refractivity (Wildman–Crippen MR) is 97.3 cm³/mol. The third kappa shape index (κ3) is 3.78. The number of rotatable bonds is 5. The second-order valence-corrected chi connectivity index (χ2v) is 7.25. The average Bonchev–Trinajstić information content (AvgIpc) is 3.35. The lowest BCUT2D eigenvalue weighted by Crippen LogP contribution is -2.55. The molecule has 0 unspecified atom stereocenters. The highest BCUT2D eigenvalue weighted by atomic mass is 16.5. The van der Waals surface area contributed by atoms with Crippen molar-refractivity contribution in [2.45, 2.75) is 31.2 Å². The third-order valence-corrected chi connectivity index (χ3v) is 5.39. The molecule has 2 aromatic rings. The number of hydrogen-bond donors (Lipinski definition) is 1. The molecule has 2 fully saturated rings. The van der Waals surface area contributed by atoms with Gasteiger partial charge in [0.25, 0.3) is 5.91 Å². The molecule has 0 spiro atoms. The van der Waals surface area contributed by atoms with Crippen LogP contribution in [0, 0.1) is 0 Å². The Kier molecular flexibility index (Phi) is 4.99. The molecule has 2 heterocycles. The number of ether oxygens (including phenoxy) is 1. The Morgan fingerprint density at radius 3 is 2.62 bits per heavy atom. The molecule has 0 atom stereocenters. The van der Waals surface area contributed by atoms with Gasteiger partial charge in [0.1, 0.15) is 12.7 Å². The fourth-order valence-electron chi connectivity index (χ4n) is 4.02. The second-order valence-electron chi connectivity index (χ2n) is 7.25. The zero-order valence-corrected chi connectivity index (χ0v) is 14.9. The minimum atomic E-state index is -0.124. The van der Waals surface area contributed by atoms with Crippen molar-refractivity contribution >= 4 is 5.91 Å². The van der Waals surface area contributed by atoms with Gasteiger partial charge >= 0.3 is 0 Å². The van der Waals surface area contributed by atoms with E-state index in [0.717, 1.165) is 51.4 Å². The van der Waals surface area contributed by atoms with Crippen molar-refractivity contribution in [1.29, 1.82) is 0 Å². The molecule has 26 heavy (non-hydrogen) atoms. The Labute approximate surface area is 153 Å². The number of carbonyl (C=O) groups is 1. The quantitative estimate of drug-likeness (QED) is 0.883. The molecule has 4 rings (SSSR count). The molecule has 0 radical (unpaired) electrons. The Balaban J connectivity index is 1.49. The van der Waals surface area contributed by atoms with Gasteiger partial charge in [0.05, 0.1) is 18.8 Å². The number of hydrogen-bond acceptors (Lipinski definition) is 5. The molecular formula is C19H25N5O2. The number of nitrogens with one attached hydrogen (secondary N) is 1. The van der Waals surface area contributed by atoms with Crippen molar-refractivity contribution < 1.29 is 9.53 Å². The van der Waals surface area contributed by atoms with Crippen LogP contribution >= 0.6 is 0 Å². The first-order valence-corrected chi connectivity index (χ1v) is 9.32. The molecule has 7 heteroatoms. The summed E-state index contributed by atoms with van der Waals surface area (Å²) < 4.78 is 7.26. The fourth-order valence-corrected chi connectivity index (χ4v) is 4.02. The molecule has 1 saturated heterocycles. The van der Waals surface area contributed by atoms with Gasteiger partial charge in [0, 0.05) is 30.9 Å². The van der Waals surface area contributed by atoms with Gasteiger partial charge in [-0.25, -0.2) is 0 Å². The molecule has 2 aliphatic rings. The summed E-state index contributed by atoms with van der Waals surface area (Å²) in [5, 5.41) is 11.0. The highest BCUT2D eigenvalue weighted by Crippen LogP contribution is 2.31. The van der Waals surface area contributed by atoms with Gasteiger partial charge in [-0.05, 0) is 31.0 Å². The van der Waals surface area contributed by atoms with Crippen molar-refractivity contribution in [3.8, 4) is 5.69 Å². The maximum absolute atomic E-state index is 13.0. The van der Waals surface area contributed by atoms with E-state index >= 15 is 0 Å². The van der Waals surface area contributed by atoms with E-state index in [1.54, 1.807) is 17.2 Å². The highest BCUT2D eigenvalue weighted by Gasteiger charge is 2.37. The van der Waals surface area contributed by atoms with Gasteiger partial charge in [-0.1, -0.05) is 18.9 Å². The first kappa shape index (κ1) is 17.2. The molecule has 1 aliphatic heterocycles. The highest BCUT2D eigenvalue weighted by molar-refractivity contribution is 5.95. The van der Waals surface area contributed by atoms with Crippen LogP contribution in [0.2, 0.25) is 0 Å². The summed E-state index contributed by atoms with van der Waals surface area (Å²) in [4.78, 5) is 15.4. The topological polar surface area (TPSA) is 72.3 Å². The Morgan fingerprint density at radius 2 is 1.88 bits per heavy atom. The van der Waals surface area contributed by atoms with E-state index < -0.39 is 0 Å². The fraction of sp³-hybridized carbons (Fsp3) is 0.526. The second kappa shape index (κ2) is 7.55. The van der Waals surface area contributed by atoms with Crippen LogP contribution in [0.5, 0.6) is 0 Å². The van der Waals surface area contributed by atoms with Crippen LogP contribution in [0.4, 0.5) is 0 Å². The molecule has 1 amide bonds. The van der Waals surface area contributed by atoms with Gasteiger partial charge in [-0.2, -0.15) is 0 Å². The van der Waals surface area contributed by atoms with Crippen molar-refractivity contribution in [2.75, 3.05) is 32.8 Å². The van der Waals surface area contributed by atoms with Crippen molar-refractivity contribution in [3.05, 3.63) is 42.5 Å². The van der Waals surface area contributed by atoms with Gasteiger partial charge in [-0.3, -0.25) is 14.3 Å². The van der Waals surface area contributed by atoms with E-state index in [4.69, 9.17) is 4.74 Å². The number of benzene rings is 1. The lowest BCUT2D eigenvalue weighted by molar-refractivity contribution is 0.0238. The van der Waals surface area contributed by atoms with E-state index in [0.29, 0.717) is 5.56 Å². The molecule has 0 bridgehead atoms. The largest absolute Gasteiger partial charge is 0.379 e. The summed E-state index contributed by atoms with van der Waals surface area (Å²) in [6, 6.07) is 7.59. The summed E-state index contributed by atoms with van der Waals surface area (Å²) in [5.41, 5.74) is 1.43. The van der Waals surface area contributed by atoms with Crippen molar-refractivity contribution in [2.24, 2.45) is 0 Å². The van der Waals surface area contributed by atoms with E-state index in [-0.39, 0.29) is 11.4 Å². The summed E-state index contributed by atoms with van der Waals surface area (Å²) >= 11 is 0. The normalized spacial score (nSPS) is 20.2. The molecular weight excluding hydrogens is 330 g/mol. The Hall–Kier alpha value is -2.25. The van der Waals surface area contributed by atoms with Crippen LogP contribution in [0.15, 0.2) is 36.9 Å². The molecule has 1 N–H and O–H groups in total. The van der Waals surface area contributed by atoms with Crippen molar-refractivity contribution in [1.82, 2.24) is 25.0 Å². The molecule has 138 valence electrons. The summed E-state index contributed by atoms with van der Waals surface area (Å²) in [7, 11) is 0. The number of carbonyl (C=O) groups excluding carboxylic acids is 1. The molecule has 1 aromatic heterocycles. The number of amides is 1. The van der Waals surface area contributed by atoms with Crippen molar-refractivity contribution in [3.63, 3.8) is 0 Å². The Bertz CT molecular complexity index is 734. The van der Waals surface area contributed by atoms with Gasteiger partial charge in [-0.15, -0.1) is 10.2 Å². The lowest BCUT2D eigenvalue weighted by Gasteiger charge is -2.37. The maximum Gasteiger partial charge on any atom is 0.251 e. The summed E-state index contributed by atoms with van der Waals surface area (Å²) in [6.45, 7) is 4.37. The zero-order chi connectivity index (χ0) is 17.8. The standard InChI is InChI=1S/C19H25N5O2/c25-18(16-4-3-5-17(12-16)24-14-20-21-15-24)22-19(6-1-2-7-19)13-23-8-10-26-11-9-23/h3-5,12,14-15H,1-2,6-11,13H2,(H,22,25). The van der Waals surface area contributed by atoms with Crippen LogP contribution in [0.3, 0.4) is 0 Å². The zero-order valence-electron chi connectivity index (χ0n) is 14.9. The predicted octanol–water partition coefficient (Wildman–Crippen LogP) is 1.64. The molecule has 1 aliphatic carbocycles. The first-order valence-electron chi connectivity index (χ1n) is 9.32. The molecule has 7 nitrogen and oxygen atoms in total.